The molecule has 0 saturated heterocycles. The maximum absolute atomic E-state index is 12.2. The Labute approximate surface area is 171 Å². The summed E-state index contributed by atoms with van der Waals surface area (Å²) in [6.45, 7) is 4.02. The second kappa shape index (κ2) is 9.48. The van der Waals surface area contributed by atoms with Gasteiger partial charge in [0.1, 0.15) is 10.8 Å². The van der Waals surface area contributed by atoms with Crippen LogP contribution >= 0.6 is 22.7 Å². The largest absolute Gasteiger partial charge is 0.494 e. The minimum atomic E-state index is -0.908. The van der Waals surface area contributed by atoms with Crippen LogP contribution in [-0.2, 0) is 20.7 Å². The van der Waals surface area contributed by atoms with Gasteiger partial charge >= 0.3 is 5.97 Å². The fraction of sp³-hybridized carbons (Fsp3) is 0.250. The maximum Gasteiger partial charge on any atom is 0.312 e. The van der Waals surface area contributed by atoms with Gasteiger partial charge in [0, 0.05) is 22.0 Å². The number of rotatable bonds is 8. The normalized spacial score (nSPS) is 11.6. The molecule has 1 amide bonds. The van der Waals surface area contributed by atoms with Crippen LogP contribution in [0.4, 0.5) is 5.69 Å². The first-order chi connectivity index (χ1) is 13.5. The van der Waals surface area contributed by atoms with Crippen molar-refractivity contribution < 1.29 is 19.1 Å². The summed E-state index contributed by atoms with van der Waals surface area (Å²) < 4.78 is 10.6. The van der Waals surface area contributed by atoms with Crippen LogP contribution in [0.15, 0.2) is 46.5 Å². The first-order valence-electron chi connectivity index (χ1n) is 8.75. The van der Waals surface area contributed by atoms with Gasteiger partial charge in [-0.25, -0.2) is 4.98 Å². The molecule has 6 nitrogen and oxygen atoms in total. The second-order valence-electron chi connectivity index (χ2n) is 5.91. The lowest BCUT2D eigenvalue weighted by atomic mass is 10.2. The predicted octanol–water partition coefficient (Wildman–Crippen LogP) is 4.38. The molecule has 0 radical (unpaired) electrons. The smallest absolute Gasteiger partial charge is 0.312 e. The summed E-state index contributed by atoms with van der Waals surface area (Å²) in [5, 5.41) is 9.41. The molecule has 1 unspecified atom stereocenters. The summed E-state index contributed by atoms with van der Waals surface area (Å²) in [6.07, 6.45) is -0.879. The number of ether oxygens (including phenoxy) is 2. The Hall–Kier alpha value is -2.71. The number of thiophene rings is 1. The third-order valence-electron chi connectivity index (χ3n) is 3.76. The molecular weight excluding hydrogens is 396 g/mol. The van der Waals surface area contributed by atoms with Crippen LogP contribution in [0.3, 0.4) is 0 Å². The number of anilines is 1. The number of carbonyl (C=O) groups excluding carboxylic acids is 2. The molecule has 28 heavy (non-hydrogen) atoms. The number of nitrogens with one attached hydrogen (secondary N) is 1. The first-order valence-corrected chi connectivity index (χ1v) is 10.6. The molecule has 3 aromatic rings. The van der Waals surface area contributed by atoms with Gasteiger partial charge in [-0.05, 0) is 49.6 Å². The van der Waals surface area contributed by atoms with Gasteiger partial charge in [-0.3, -0.25) is 9.59 Å². The van der Waals surface area contributed by atoms with Gasteiger partial charge in [-0.1, -0.05) is 0 Å². The van der Waals surface area contributed by atoms with E-state index < -0.39 is 18.0 Å². The van der Waals surface area contributed by atoms with Crippen molar-refractivity contribution in [2.45, 2.75) is 26.4 Å². The third kappa shape index (κ3) is 5.40. The molecule has 0 aliphatic carbocycles. The quantitative estimate of drug-likeness (QED) is 0.551. The Bertz CT molecular complexity index is 920. The number of hydrogen-bond acceptors (Lipinski definition) is 7. The van der Waals surface area contributed by atoms with Crippen molar-refractivity contribution in [3.05, 3.63) is 52.2 Å². The minimum absolute atomic E-state index is 0.0291. The number of nitrogens with zero attached hydrogens (tertiary/aromatic N) is 1. The van der Waals surface area contributed by atoms with Gasteiger partial charge in [0.05, 0.1) is 18.7 Å². The molecular formula is C20H20N2O4S2. The van der Waals surface area contributed by atoms with Gasteiger partial charge in [0.15, 0.2) is 6.10 Å². The van der Waals surface area contributed by atoms with E-state index in [0.717, 1.165) is 16.3 Å². The highest BCUT2D eigenvalue weighted by Crippen LogP contribution is 2.26. The minimum Gasteiger partial charge on any atom is -0.494 e. The molecule has 1 atom stereocenters. The molecule has 8 heteroatoms. The maximum atomic E-state index is 12.2. The zero-order chi connectivity index (χ0) is 19.9. The predicted molar refractivity (Wildman–Crippen MR) is 111 cm³/mol. The number of benzene rings is 1. The molecule has 1 N–H and O–H groups in total. The number of hydrogen-bond donors (Lipinski definition) is 1. The Kier molecular flexibility index (Phi) is 6.78. The fourth-order valence-electron chi connectivity index (χ4n) is 2.39. The van der Waals surface area contributed by atoms with Gasteiger partial charge in [-0.2, -0.15) is 11.3 Å². The van der Waals surface area contributed by atoms with Crippen LogP contribution in [0.25, 0.3) is 10.6 Å². The summed E-state index contributed by atoms with van der Waals surface area (Å²) in [6, 6.07) is 8.99. The zero-order valence-corrected chi connectivity index (χ0v) is 17.1. The summed E-state index contributed by atoms with van der Waals surface area (Å²) in [7, 11) is 0. The van der Waals surface area contributed by atoms with Crippen LogP contribution in [-0.4, -0.2) is 29.6 Å². The molecule has 0 bridgehead atoms. The van der Waals surface area contributed by atoms with E-state index in [2.05, 4.69) is 10.3 Å². The van der Waals surface area contributed by atoms with Crippen LogP contribution in [0, 0.1) is 0 Å². The van der Waals surface area contributed by atoms with Crippen molar-refractivity contribution in [3.63, 3.8) is 0 Å². The molecule has 146 valence electrons. The SMILES string of the molecule is CCOc1ccc(NC(=O)C(C)OC(=O)Cc2csc(-c3ccsc3)n2)cc1. The van der Waals surface area contributed by atoms with Crippen molar-refractivity contribution in [1.82, 2.24) is 4.98 Å². The van der Waals surface area contributed by atoms with Crippen molar-refractivity contribution in [1.29, 1.82) is 0 Å². The number of carbonyl (C=O) groups is 2. The lowest BCUT2D eigenvalue weighted by Crippen LogP contribution is -2.30. The average molecular weight is 417 g/mol. The highest BCUT2D eigenvalue weighted by atomic mass is 32.1. The Morgan fingerprint density at radius 2 is 1.96 bits per heavy atom. The fourth-order valence-corrected chi connectivity index (χ4v) is 3.92. The topological polar surface area (TPSA) is 77.5 Å². The van der Waals surface area contributed by atoms with Gasteiger partial charge < -0.3 is 14.8 Å². The molecule has 0 aliphatic heterocycles. The molecule has 0 saturated carbocycles. The molecule has 0 spiro atoms. The molecule has 0 aliphatic rings. The van der Waals surface area contributed by atoms with E-state index in [0.29, 0.717) is 18.0 Å². The van der Waals surface area contributed by atoms with Crippen molar-refractivity contribution >= 4 is 40.2 Å². The summed E-state index contributed by atoms with van der Waals surface area (Å²) in [4.78, 5) is 28.8. The summed E-state index contributed by atoms with van der Waals surface area (Å²) >= 11 is 3.08. The number of esters is 1. The Balaban J connectivity index is 1.50. The highest BCUT2D eigenvalue weighted by Gasteiger charge is 2.19. The van der Waals surface area contributed by atoms with Crippen molar-refractivity contribution in [2.24, 2.45) is 0 Å². The highest BCUT2D eigenvalue weighted by molar-refractivity contribution is 7.14. The number of thiazole rings is 1. The first kappa shape index (κ1) is 20.0. The molecule has 3 rings (SSSR count). The van der Waals surface area contributed by atoms with Crippen molar-refractivity contribution in [3.8, 4) is 16.3 Å². The van der Waals surface area contributed by atoms with Gasteiger partial charge in [0.25, 0.3) is 5.91 Å². The van der Waals surface area contributed by atoms with E-state index in [1.807, 2.05) is 29.1 Å². The zero-order valence-electron chi connectivity index (χ0n) is 15.5. The van der Waals surface area contributed by atoms with Crippen molar-refractivity contribution in [2.75, 3.05) is 11.9 Å². The molecule has 2 heterocycles. The van der Waals surface area contributed by atoms with Gasteiger partial charge in [0.2, 0.25) is 0 Å². The monoisotopic (exact) mass is 416 g/mol. The lowest BCUT2D eigenvalue weighted by molar-refractivity contribution is -0.152. The van der Waals surface area contributed by atoms with Crippen LogP contribution < -0.4 is 10.1 Å². The number of amides is 1. The molecule has 2 aromatic heterocycles. The van der Waals surface area contributed by atoms with E-state index in [1.54, 1.807) is 42.5 Å². The molecule has 0 fully saturated rings. The third-order valence-corrected chi connectivity index (χ3v) is 5.38. The second-order valence-corrected chi connectivity index (χ2v) is 7.55. The van der Waals surface area contributed by atoms with E-state index in [-0.39, 0.29) is 6.42 Å². The average Bonchev–Trinajstić information content (AvgIpc) is 3.35. The van der Waals surface area contributed by atoms with Crippen LogP contribution in [0.5, 0.6) is 5.75 Å². The summed E-state index contributed by atoms with van der Waals surface area (Å²) in [5.74, 6) is -0.156. The van der Waals surface area contributed by atoms with Gasteiger partial charge in [-0.15, -0.1) is 11.3 Å². The van der Waals surface area contributed by atoms with E-state index in [4.69, 9.17) is 9.47 Å². The van der Waals surface area contributed by atoms with Crippen LogP contribution in [0.1, 0.15) is 19.5 Å². The van der Waals surface area contributed by atoms with E-state index in [9.17, 15) is 9.59 Å². The van der Waals surface area contributed by atoms with E-state index >= 15 is 0 Å². The van der Waals surface area contributed by atoms with E-state index in [1.165, 1.54) is 11.3 Å². The summed E-state index contributed by atoms with van der Waals surface area (Å²) in [5.41, 5.74) is 2.28. The van der Waals surface area contributed by atoms with Crippen LogP contribution in [0.2, 0.25) is 0 Å². The lowest BCUT2D eigenvalue weighted by Gasteiger charge is -2.13. The Morgan fingerprint density at radius 3 is 2.64 bits per heavy atom. The molecule has 1 aromatic carbocycles. The Morgan fingerprint density at radius 1 is 1.18 bits per heavy atom. The number of aromatic nitrogens is 1. The standard InChI is InChI=1S/C20H20N2O4S2/c1-3-25-17-6-4-15(5-7-17)21-19(24)13(2)26-18(23)10-16-12-28-20(22-16)14-8-9-27-11-14/h4-9,11-13H,3,10H2,1-2H3,(H,21,24).